The van der Waals surface area contributed by atoms with Gasteiger partial charge in [-0.15, -0.1) is 0 Å². The van der Waals surface area contributed by atoms with E-state index < -0.39 is 5.97 Å². The van der Waals surface area contributed by atoms with Crippen LogP contribution in [0.2, 0.25) is 5.02 Å². The first kappa shape index (κ1) is 13.6. The highest BCUT2D eigenvalue weighted by Gasteiger charge is 2.18. The van der Waals surface area contributed by atoms with Gasteiger partial charge in [0, 0.05) is 12.6 Å². The molecule has 5 heteroatoms. The Labute approximate surface area is 116 Å². The summed E-state index contributed by atoms with van der Waals surface area (Å²) >= 11 is 6.33. The number of hydrogen-bond acceptors (Lipinski definition) is 3. The van der Waals surface area contributed by atoms with Gasteiger partial charge in [0.25, 0.3) is 0 Å². The number of ether oxygens (including phenoxy) is 1. The predicted octanol–water partition coefficient (Wildman–Crippen LogP) is 3.09. The normalized spacial score (nSPS) is 10.5. The Kier molecular flexibility index (Phi) is 3.90. The summed E-state index contributed by atoms with van der Waals surface area (Å²) in [7, 11) is 3.20. The second kappa shape index (κ2) is 5.45. The summed E-state index contributed by atoms with van der Waals surface area (Å²) < 4.78 is 6.50. The van der Waals surface area contributed by atoms with E-state index in [4.69, 9.17) is 16.3 Å². The van der Waals surface area contributed by atoms with Crippen LogP contribution in [0, 0.1) is 0 Å². The third kappa shape index (κ3) is 2.36. The van der Waals surface area contributed by atoms with Gasteiger partial charge in [0.15, 0.2) is 0 Å². The number of esters is 1. The number of nitrogens with zero attached hydrogens (tertiary/aromatic N) is 2. The molecule has 4 nitrogen and oxygen atoms in total. The lowest BCUT2D eigenvalue weighted by molar-refractivity contribution is 0.0601. The van der Waals surface area contributed by atoms with E-state index in [2.05, 4.69) is 12.0 Å². The summed E-state index contributed by atoms with van der Waals surface area (Å²) in [5.41, 5.74) is 3.18. The summed E-state index contributed by atoms with van der Waals surface area (Å²) in [5.74, 6) is -0.438. The van der Waals surface area contributed by atoms with Gasteiger partial charge in [-0.1, -0.05) is 30.7 Å². The summed E-state index contributed by atoms with van der Waals surface area (Å²) in [4.78, 5) is 11.7. The van der Waals surface area contributed by atoms with Crippen molar-refractivity contribution in [3.63, 3.8) is 0 Å². The molecule has 0 aliphatic heterocycles. The number of hydrogen-bond donors (Lipinski definition) is 0. The van der Waals surface area contributed by atoms with Crippen molar-refractivity contribution in [1.29, 1.82) is 0 Å². The number of halogens is 1. The number of aryl methyl sites for hydroxylation is 2. The van der Waals surface area contributed by atoms with E-state index in [1.807, 2.05) is 19.3 Å². The molecular weight excluding hydrogens is 264 g/mol. The van der Waals surface area contributed by atoms with Crippen LogP contribution in [0.1, 0.15) is 22.8 Å². The molecule has 100 valence electrons. The molecule has 0 radical (unpaired) electrons. The first-order valence-corrected chi connectivity index (χ1v) is 6.36. The molecule has 0 spiro atoms. The molecule has 1 aromatic heterocycles. The van der Waals surface area contributed by atoms with E-state index in [-0.39, 0.29) is 0 Å². The first-order chi connectivity index (χ1) is 9.10. The minimum atomic E-state index is -0.438. The topological polar surface area (TPSA) is 44.1 Å². The molecule has 0 aliphatic carbocycles. The maximum absolute atomic E-state index is 11.7. The summed E-state index contributed by atoms with van der Waals surface area (Å²) in [6.07, 6.45) is 2.67. The van der Waals surface area contributed by atoms with Crippen LogP contribution in [0.5, 0.6) is 0 Å². The third-order valence-electron chi connectivity index (χ3n) is 3.05. The van der Waals surface area contributed by atoms with Crippen LogP contribution in [-0.4, -0.2) is 22.9 Å². The van der Waals surface area contributed by atoms with E-state index in [1.165, 1.54) is 7.11 Å². The maximum atomic E-state index is 11.7. The zero-order valence-corrected chi connectivity index (χ0v) is 11.9. The van der Waals surface area contributed by atoms with Gasteiger partial charge in [0.1, 0.15) is 0 Å². The molecule has 0 atom stereocenters. The molecule has 0 saturated carbocycles. The van der Waals surface area contributed by atoms with Crippen molar-refractivity contribution in [2.75, 3.05) is 7.11 Å². The minimum Gasteiger partial charge on any atom is -0.465 e. The van der Waals surface area contributed by atoms with Crippen LogP contribution in [0.3, 0.4) is 0 Å². The van der Waals surface area contributed by atoms with E-state index in [9.17, 15) is 4.79 Å². The number of carbonyl (C=O) groups is 1. The number of methoxy groups -OCH3 is 1. The molecule has 0 amide bonds. The molecule has 0 bridgehead atoms. The van der Waals surface area contributed by atoms with Crippen LogP contribution in [0.4, 0.5) is 0 Å². The highest BCUT2D eigenvalue weighted by atomic mass is 35.5. The lowest BCUT2D eigenvalue weighted by Crippen LogP contribution is -2.04. The zero-order valence-electron chi connectivity index (χ0n) is 11.1. The Bertz CT molecular complexity index is 620. The fourth-order valence-electron chi connectivity index (χ4n) is 2.07. The first-order valence-electron chi connectivity index (χ1n) is 5.98. The quantitative estimate of drug-likeness (QED) is 0.811. The largest absolute Gasteiger partial charge is 0.465 e. The monoisotopic (exact) mass is 278 g/mol. The molecule has 0 N–H and O–H groups in total. The van der Waals surface area contributed by atoms with Gasteiger partial charge in [-0.05, 0) is 18.1 Å². The van der Waals surface area contributed by atoms with Gasteiger partial charge in [-0.25, -0.2) is 4.79 Å². The predicted molar refractivity (Wildman–Crippen MR) is 74.4 cm³/mol. The van der Waals surface area contributed by atoms with Crippen LogP contribution < -0.4 is 0 Å². The third-order valence-corrected chi connectivity index (χ3v) is 3.46. The zero-order chi connectivity index (χ0) is 14.0. The number of carbonyl (C=O) groups excluding carboxylic acids is 1. The molecule has 1 heterocycles. The fourth-order valence-corrected chi connectivity index (χ4v) is 2.36. The Morgan fingerprint density at radius 3 is 2.84 bits per heavy atom. The minimum absolute atomic E-state index is 0.366. The van der Waals surface area contributed by atoms with Crippen LogP contribution in [0.15, 0.2) is 24.4 Å². The Morgan fingerprint density at radius 2 is 2.21 bits per heavy atom. The van der Waals surface area contributed by atoms with Crippen molar-refractivity contribution in [2.24, 2.45) is 7.05 Å². The molecule has 2 rings (SSSR count). The van der Waals surface area contributed by atoms with Gasteiger partial charge < -0.3 is 4.74 Å². The second-order valence-corrected chi connectivity index (χ2v) is 4.53. The van der Waals surface area contributed by atoms with E-state index in [1.54, 1.807) is 16.8 Å². The van der Waals surface area contributed by atoms with Gasteiger partial charge in [-0.3, -0.25) is 4.68 Å². The number of benzene rings is 1. The summed E-state index contributed by atoms with van der Waals surface area (Å²) in [6, 6.07) is 5.32. The van der Waals surface area contributed by atoms with Crippen molar-refractivity contribution in [3.05, 3.63) is 40.5 Å². The van der Waals surface area contributed by atoms with Crippen molar-refractivity contribution in [3.8, 4) is 11.3 Å². The van der Waals surface area contributed by atoms with Crippen LogP contribution in [0.25, 0.3) is 11.3 Å². The Hall–Kier alpha value is -1.81. The van der Waals surface area contributed by atoms with Crippen molar-refractivity contribution >= 4 is 17.6 Å². The summed E-state index contributed by atoms with van der Waals surface area (Å²) in [6.45, 7) is 2.05. The Balaban J connectivity index is 2.63. The average molecular weight is 279 g/mol. The lowest BCUT2D eigenvalue weighted by Gasteiger charge is -2.10. The molecular formula is C14H15ClN2O2. The maximum Gasteiger partial charge on any atom is 0.339 e. The van der Waals surface area contributed by atoms with Crippen molar-refractivity contribution < 1.29 is 9.53 Å². The van der Waals surface area contributed by atoms with Gasteiger partial charge in [0.2, 0.25) is 0 Å². The molecule has 0 fully saturated rings. The SMILES string of the molecule is CCc1cnn(C)c1-c1cccc(C(=O)OC)c1Cl. The van der Waals surface area contributed by atoms with Gasteiger partial charge >= 0.3 is 5.97 Å². The number of aromatic nitrogens is 2. The van der Waals surface area contributed by atoms with Crippen molar-refractivity contribution in [1.82, 2.24) is 9.78 Å². The molecule has 1 aromatic carbocycles. The summed E-state index contributed by atoms with van der Waals surface area (Å²) in [5, 5.41) is 4.64. The highest BCUT2D eigenvalue weighted by Crippen LogP contribution is 2.33. The fraction of sp³-hybridized carbons (Fsp3) is 0.286. The molecule has 0 aliphatic rings. The van der Waals surface area contributed by atoms with Crippen molar-refractivity contribution in [2.45, 2.75) is 13.3 Å². The highest BCUT2D eigenvalue weighted by molar-refractivity contribution is 6.36. The van der Waals surface area contributed by atoms with Gasteiger partial charge in [-0.2, -0.15) is 5.10 Å². The van der Waals surface area contributed by atoms with Crippen LogP contribution >= 0.6 is 11.6 Å². The van der Waals surface area contributed by atoms with Gasteiger partial charge in [0.05, 0.1) is 29.6 Å². The molecule has 0 unspecified atom stereocenters. The smallest absolute Gasteiger partial charge is 0.339 e. The standard InChI is InChI=1S/C14H15ClN2O2/c1-4-9-8-16-17(2)13(9)10-6-5-7-11(12(10)15)14(18)19-3/h5-8H,4H2,1-3H3. The Morgan fingerprint density at radius 1 is 1.47 bits per heavy atom. The molecule has 2 aromatic rings. The van der Waals surface area contributed by atoms with Crippen LogP contribution in [-0.2, 0) is 18.2 Å². The lowest BCUT2D eigenvalue weighted by atomic mass is 10.0. The second-order valence-electron chi connectivity index (χ2n) is 4.15. The van der Waals surface area contributed by atoms with E-state index in [0.717, 1.165) is 23.2 Å². The average Bonchev–Trinajstić information content (AvgIpc) is 2.79. The van der Waals surface area contributed by atoms with E-state index in [0.29, 0.717) is 10.6 Å². The molecule has 0 saturated heterocycles. The molecule has 19 heavy (non-hydrogen) atoms. The van der Waals surface area contributed by atoms with E-state index >= 15 is 0 Å². The number of rotatable bonds is 3.